The molecule has 0 bridgehead atoms. The maximum absolute atomic E-state index is 13.5. The second-order valence-electron chi connectivity index (χ2n) is 6.88. The first-order valence-corrected chi connectivity index (χ1v) is 10.2. The van der Waals surface area contributed by atoms with Crippen molar-refractivity contribution in [3.63, 3.8) is 0 Å². The SMILES string of the molecule is CN(C)c1ccc(-n2c(SCc3cccc(F)c3)nc3ccccc3c2=O)cc1. The van der Waals surface area contributed by atoms with E-state index in [4.69, 9.17) is 4.98 Å². The fourth-order valence-corrected chi connectivity index (χ4v) is 4.07. The third kappa shape index (κ3) is 4.03. The predicted octanol–water partition coefficient (Wildman–Crippen LogP) is 4.88. The number of hydrogen-bond acceptors (Lipinski definition) is 4. The summed E-state index contributed by atoms with van der Waals surface area (Å²) in [6, 6.07) is 21.6. The van der Waals surface area contributed by atoms with Crippen molar-refractivity contribution in [3.05, 3.63) is 94.5 Å². The summed E-state index contributed by atoms with van der Waals surface area (Å²) >= 11 is 1.42. The molecule has 4 rings (SSSR count). The third-order valence-electron chi connectivity index (χ3n) is 4.63. The summed E-state index contributed by atoms with van der Waals surface area (Å²) in [6.45, 7) is 0. The van der Waals surface area contributed by atoms with E-state index < -0.39 is 0 Å². The number of benzene rings is 3. The molecule has 0 N–H and O–H groups in total. The van der Waals surface area contributed by atoms with E-state index >= 15 is 0 Å². The van der Waals surface area contributed by atoms with Crippen molar-refractivity contribution >= 4 is 28.4 Å². The molecule has 0 spiro atoms. The topological polar surface area (TPSA) is 38.1 Å². The molecule has 0 saturated carbocycles. The lowest BCUT2D eigenvalue weighted by atomic mass is 10.2. The normalized spacial score (nSPS) is 11.0. The van der Waals surface area contributed by atoms with Crippen LogP contribution >= 0.6 is 11.8 Å². The Balaban J connectivity index is 1.81. The van der Waals surface area contributed by atoms with E-state index in [1.165, 1.54) is 23.9 Å². The molecule has 29 heavy (non-hydrogen) atoms. The zero-order valence-electron chi connectivity index (χ0n) is 16.2. The molecule has 0 aliphatic carbocycles. The summed E-state index contributed by atoms with van der Waals surface area (Å²) in [6.07, 6.45) is 0. The molecule has 4 aromatic rings. The largest absolute Gasteiger partial charge is 0.378 e. The Morgan fingerprint density at radius 3 is 2.48 bits per heavy atom. The minimum atomic E-state index is -0.272. The minimum Gasteiger partial charge on any atom is -0.378 e. The van der Waals surface area contributed by atoms with E-state index in [0.29, 0.717) is 21.8 Å². The highest BCUT2D eigenvalue weighted by Gasteiger charge is 2.14. The maximum atomic E-state index is 13.5. The molecule has 0 atom stereocenters. The predicted molar refractivity (Wildman–Crippen MR) is 118 cm³/mol. The highest BCUT2D eigenvalue weighted by Crippen LogP contribution is 2.25. The van der Waals surface area contributed by atoms with Crippen molar-refractivity contribution in [2.45, 2.75) is 10.9 Å². The van der Waals surface area contributed by atoms with Crippen molar-refractivity contribution in [2.24, 2.45) is 0 Å². The fourth-order valence-electron chi connectivity index (χ4n) is 3.11. The van der Waals surface area contributed by atoms with Gasteiger partial charge in [0.1, 0.15) is 5.82 Å². The molecule has 1 heterocycles. The summed E-state index contributed by atoms with van der Waals surface area (Å²) in [5, 5.41) is 1.15. The van der Waals surface area contributed by atoms with E-state index in [2.05, 4.69) is 0 Å². The molecule has 0 aliphatic heterocycles. The third-order valence-corrected chi connectivity index (χ3v) is 5.64. The minimum absolute atomic E-state index is 0.116. The van der Waals surface area contributed by atoms with Crippen molar-refractivity contribution in [1.82, 2.24) is 9.55 Å². The second-order valence-corrected chi connectivity index (χ2v) is 7.82. The summed E-state index contributed by atoms with van der Waals surface area (Å²) in [4.78, 5) is 20.0. The van der Waals surface area contributed by atoms with E-state index in [1.807, 2.05) is 67.5 Å². The van der Waals surface area contributed by atoms with Crippen molar-refractivity contribution in [2.75, 3.05) is 19.0 Å². The highest BCUT2D eigenvalue weighted by atomic mass is 32.2. The van der Waals surface area contributed by atoms with Gasteiger partial charge in [-0.1, -0.05) is 36.0 Å². The average molecular weight is 405 g/mol. The van der Waals surface area contributed by atoms with E-state index in [-0.39, 0.29) is 11.4 Å². The van der Waals surface area contributed by atoms with Gasteiger partial charge in [-0.15, -0.1) is 0 Å². The Labute approximate surface area is 172 Å². The number of thioether (sulfide) groups is 1. The van der Waals surface area contributed by atoms with Crippen LogP contribution in [0.2, 0.25) is 0 Å². The van der Waals surface area contributed by atoms with Crippen LogP contribution in [0.25, 0.3) is 16.6 Å². The van der Waals surface area contributed by atoms with Crippen LogP contribution in [0.4, 0.5) is 10.1 Å². The maximum Gasteiger partial charge on any atom is 0.266 e. The number of rotatable bonds is 5. The number of anilines is 1. The van der Waals surface area contributed by atoms with Crippen LogP contribution in [0, 0.1) is 5.82 Å². The van der Waals surface area contributed by atoms with Crippen molar-refractivity contribution < 1.29 is 4.39 Å². The molecule has 0 radical (unpaired) electrons. The zero-order valence-corrected chi connectivity index (χ0v) is 17.0. The monoisotopic (exact) mass is 405 g/mol. The first-order valence-electron chi connectivity index (χ1n) is 9.20. The Bertz CT molecular complexity index is 1220. The average Bonchev–Trinajstić information content (AvgIpc) is 2.72. The zero-order chi connectivity index (χ0) is 20.4. The number of hydrogen-bond donors (Lipinski definition) is 0. The molecule has 0 unspecified atom stereocenters. The lowest BCUT2D eigenvalue weighted by Crippen LogP contribution is -2.22. The van der Waals surface area contributed by atoms with Gasteiger partial charge in [-0.25, -0.2) is 9.37 Å². The molecular weight excluding hydrogens is 385 g/mol. The first-order chi connectivity index (χ1) is 14.0. The van der Waals surface area contributed by atoms with E-state index in [0.717, 1.165) is 16.9 Å². The fraction of sp³-hybridized carbons (Fsp3) is 0.130. The smallest absolute Gasteiger partial charge is 0.266 e. The summed E-state index contributed by atoms with van der Waals surface area (Å²) in [5.41, 5.74) is 3.17. The molecule has 0 amide bonds. The molecule has 0 aliphatic rings. The second kappa shape index (κ2) is 8.09. The molecule has 3 aromatic carbocycles. The summed E-state index contributed by atoms with van der Waals surface area (Å²) in [5.74, 6) is 0.240. The number of nitrogens with zero attached hydrogens (tertiary/aromatic N) is 3. The van der Waals surface area contributed by atoms with E-state index in [1.54, 1.807) is 16.7 Å². The molecule has 0 saturated heterocycles. The number of para-hydroxylation sites is 1. The van der Waals surface area contributed by atoms with Crippen molar-refractivity contribution in [1.29, 1.82) is 0 Å². The lowest BCUT2D eigenvalue weighted by molar-refractivity contribution is 0.626. The van der Waals surface area contributed by atoms with Gasteiger partial charge < -0.3 is 4.90 Å². The quantitative estimate of drug-likeness (QED) is 0.350. The highest BCUT2D eigenvalue weighted by molar-refractivity contribution is 7.98. The first kappa shape index (κ1) is 19.2. The Morgan fingerprint density at radius 2 is 1.76 bits per heavy atom. The van der Waals surface area contributed by atoms with Crippen LogP contribution in [-0.4, -0.2) is 23.6 Å². The number of aromatic nitrogens is 2. The molecule has 0 fully saturated rings. The van der Waals surface area contributed by atoms with Gasteiger partial charge in [0, 0.05) is 25.5 Å². The number of fused-ring (bicyclic) bond motifs is 1. The van der Waals surface area contributed by atoms with Gasteiger partial charge in [0.05, 0.1) is 16.6 Å². The van der Waals surface area contributed by atoms with Gasteiger partial charge in [-0.05, 0) is 54.1 Å². The van der Waals surface area contributed by atoms with Crippen molar-refractivity contribution in [3.8, 4) is 5.69 Å². The molecular formula is C23H20FN3OS. The summed E-state index contributed by atoms with van der Waals surface area (Å²) < 4.78 is 15.2. The van der Waals surface area contributed by atoms with Crippen LogP contribution in [0.15, 0.2) is 82.7 Å². The van der Waals surface area contributed by atoms with Crippen LogP contribution in [0.1, 0.15) is 5.56 Å². The lowest BCUT2D eigenvalue weighted by Gasteiger charge is -2.16. The molecule has 146 valence electrons. The Hall–Kier alpha value is -3.12. The molecule has 1 aromatic heterocycles. The van der Waals surface area contributed by atoms with Crippen LogP contribution in [0.3, 0.4) is 0 Å². The molecule has 6 heteroatoms. The van der Waals surface area contributed by atoms with Crippen LogP contribution in [-0.2, 0) is 5.75 Å². The Morgan fingerprint density at radius 1 is 1.00 bits per heavy atom. The van der Waals surface area contributed by atoms with Crippen LogP contribution in [0.5, 0.6) is 0 Å². The van der Waals surface area contributed by atoms with Gasteiger partial charge in [-0.3, -0.25) is 9.36 Å². The van der Waals surface area contributed by atoms with Gasteiger partial charge in [0.15, 0.2) is 5.16 Å². The van der Waals surface area contributed by atoms with Crippen LogP contribution < -0.4 is 10.5 Å². The number of halogens is 1. The molecule has 4 nitrogen and oxygen atoms in total. The standard InChI is InChI=1S/C23H20FN3OS/c1-26(2)18-10-12-19(13-11-18)27-22(28)20-8-3-4-9-21(20)25-23(27)29-15-16-6-5-7-17(24)14-16/h3-14H,15H2,1-2H3. The van der Waals surface area contributed by atoms with Gasteiger partial charge in [0.25, 0.3) is 5.56 Å². The van der Waals surface area contributed by atoms with Gasteiger partial charge in [0.2, 0.25) is 0 Å². The summed E-state index contributed by atoms with van der Waals surface area (Å²) in [7, 11) is 3.94. The Kier molecular flexibility index (Phi) is 5.36. The van der Waals surface area contributed by atoms with Gasteiger partial charge >= 0.3 is 0 Å². The van der Waals surface area contributed by atoms with Gasteiger partial charge in [-0.2, -0.15) is 0 Å². The van der Waals surface area contributed by atoms with E-state index in [9.17, 15) is 9.18 Å².